The topological polar surface area (TPSA) is 26.0 Å². The molecule has 3 rings (SSSR count). The third kappa shape index (κ3) is 1.59. The molecule has 0 bridgehead atoms. The van der Waals surface area contributed by atoms with Crippen LogP contribution in [0.4, 0.5) is 4.39 Å². The summed E-state index contributed by atoms with van der Waals surface area (Å²) in [7, 11) is 0. The molecule has 0 aliphatic rings. The minimum absolute atomic E-state index is 0.320. The lowest BCUT2D eigenvalue weighted by Gasteiger charge is -1.96. The number of hydrogen-bond donors (Lipinski definition) is 0. The van der Waals surface area contributed by atoms with E-state index in [1.54, 1.807) is 18.2 Å². The molecule has 3 aromatic rings. The van der Waals surface area contributed by atoms with Gasteiger partial charge >= 0.3 is 0 Å². The van der Waals surface area contributed by atoms with Crippen molar-refractivity contribution in [2.24, 2.45) is 0 Å². The lowest BCUT2D eigenvalue weighted by Crippen LogP contribution is -1.83. The van der Waals surface area contributed by atoms with Gasteiger partial charge in [-0.25, -0.2) is 9.37 Å². The van der Waals surface area contributed by atoms with E-state index in [9.17, 15) is 4.39 Å². The van der Waals surface area contributed by atoms with Gasteiger partial charge in [0.1, 0.15) is 11.3 Å². The Morgan fingerprint density at radius 2 is 1.72 bits per heavy atom. The maximum absolute atomic E-state index is 13.7. The SMILES string of the molecule is Cc1ccc(C)c2oc(-c3ccccc3F)nc12. The second-order valence-corrected chi connectivity index (χ2v) is 4.38. The first-order valence-corrected chi connectivity index (χ1v) is 5.78. The third-order valence-corrected chi connectivity index (χ3v) is 3.05. The Hall–Kier alpha value is -2.16. The van der Waals surface area contributed by atoms with E-state index in [2.05, 4.69) is 4.98 Å². The smallest absolute Gasteiger partial charge is 0.230 e. The summed E-state index contributed by atoms with van der Waals surface area (Å²) >= 11 is 0. The van der Waals surface area contributed by atoms with Crippen LogP contribution in [-0.2, 0) is 0 Å². The van der Waals surface area contributed by atoms with Gasteiger partial charge in [-0.05, 0) is 37.1 Å². The molecule has 1 aromatic heterocycles. The molecule has 0 unspecified atom stereocenters. The second kappa shape index (κ2) is 3.95. The van der Waals surface area contributed by atoms with Crippen LogP contribution in [-0.4, -0.2) is 4.98 Å². The first-order chi connectivity index (χ1) is 8.66. The predicted octanol–water partition coefficient (Wildman–Crippen LogP) is 4.25. The van der Waals surface area contributed by atoms with Gasteiger partial charge in [0, 0.05) is 0 Å². The normalized spacial score (nSPS) is 11.1. The van der Waals surface area contributed by atoms with E-state index >= 15 is 0 Å². The predicted molar refractivity (Wildman–Crippen MR) is 68.9 cm³/mol. The summed E-state index contributed by atoms with van der Waals surface area (Å²) in [5.41, 5.74) is 3.96. The Morgan fingerprint density at radius 3 is 2.44 bits per heavy atom. The van der Waals surface area contributed by atoms with Crippen molar-refractivity contribution in [3.63, 3.8) is 0 Å². The molecule has 2 aromatic carbocycles. The summed E-state index contributed by atoms with van der Waals surface area (Å²) in [5.74, 6) is 0.0138. The van der Waals surface area contributed by atoms with Crippen molar-refractivity contribution in [1.29, 1.82) is 0 Å². The van der Waals surface area contributed by atoms with E-state index in [0.29, 0.717) is 11.5 Å². The Balaban J connectivity index is 2.29. The summed E-state index contributed by atoms with van der Waals surface area (Å²) < 4.78 is 19.4. The first-order valence-electron chi connectivity index (χ1n) is 5.78. The van der Waals surface area contributed by atoms with Gasteiger partial charge in [0.15, 0.2) is 5.58 Å². The summed E-state index contributed by atoms with van der Waals surface area (Å²) in [6.45, 7) is 3.92. The summed E-state index contributed by atoms with van der Waals surface area (Å²) in [5, 5.41) is 0. The molecule has 0 radical (unpaired) electrons. The van der Waals surface area contributed by atoms with Gasteiger partial charge in [0.25, 0.3) is 0 Å². The quantitative estimate of drug-likeness (QED) is 0.636. The van der Waals surface area contributed by atoms with E-state index in [0.717, 1.165) is 22.2 Å². The van der Waals surface area contributed by atoms with Crippen molar-refractivity contribution in [2.45, 2.75) is 13.8 Å². The lowest BCUT2D eigenvalue weighted by atomic mass is 10.1. The van der Waals surface area contributed by atoms with Gasteiger partial charge in [-0.3, -0.25) is 0 Å². The molecular formula is C15H12FNO. The number of hydrogen-bond acceptors (Lipinski definition) is 2. The number of benzene rings is 2. The van der Waals surface area contributed by atoms with Crippen molar-refractivity contribution >= 4 is 11.1 Å². The van der Waals surface area contributed by atoms with E-state index in [1.807, 2.05) is 26.0 Å². The Bertz CT molecular complexity index is 691. The van der Waals surface area contributed by atoms with Crippen LogP contribution in [0, 0.1) is 19.7 Å². The van der Waals surface area contributed by atoms with Gasteiger partial charge in [0.2, 0.25) is 5.89 Å². The molecular weight excluding hydrogens is 229 g/mol. The molecule has 0 atom stereocenters. The monoisotopic (exact) mass is 241 g/mol. The van der Waals surface area contributed by atoms with Crippen LogP contribution in [0.1, 0.15) is 11.1 Å². The van der Waals surface area contributed by atoms with Crippen LogP contribution in [0.5, 0.6) is 0 Å². The third-order valence-electron chi connectivity index (χ3n) is 3.05. The van der Waals surface area contributed by atoms with Crippen LogP contribution in [0.2, 0.25) is 0 Å². The van der Waals surface area contributed by atoms with Crippen LogP contribution >= 0.6 is 0 Å². The van der Waals surface area contributed by atoms with Crippen molar-refractivity contribution in [3.05, 3.63) is 53.3 Å². The molecule has 2 nitrogen and oxygen atoms in total. The fourth-order valence-corrected chi connectivity index (χ4v) is 2.01. The molecule has 0 amide bonds. The molecule has 3 heteroatoms. The summed E-state index contributed by atoms with van der Waals surface area (Å²) in [4.78, 5) is 4.40. The van der Waals surface area contributed by atoms with E-state index in [4.69, 9.17) is 4.42 Å². The molecule has 0 N–H and O–H groups in total. The van der Waals surface area contributed by atoms with Gasteiger partial charge in [-0.1, -0.05) is 24.3 Å². The fourth-order valence-electron chi connectivity index (χ4n) is 2.01. The van der Waals surface area contributed by atoms with Crippen LogP contribution < -0.4 is 0 Å². The van der Waals surface area contributed by atoms with Gasteiger partial charge in [-0.15, -0.1) is 0 Å². The van der Waals surface area contributed by atoms with Gasteiger partial charge in [-0.2, -0.15) is 0 Å². The lowest BCUT2D eigenvalue weighted by molar-refractivity contribution is 0.592. The Morgan fingerprint density at radius 1 is 1.00 bits per heavy atom. The molecule has 0 saturated carbocycles. The zero-order valence-corrected chi connectivity index (χ0v) is 10.2. The number of halogens is 1. The molecule has 0 aliphatic carbocycles. The highest BCUT2D eigenvalue weighted by atomic mass is 19.1. The van der Waals surface area contributed by atoms with Crippen molar-refractivity contribution < 1.29 is 8.81 Å². The van der Waals surface area contributed by atoms with E-state index in [-0.39, 0.29) is 5.82 Å². The highest BCUT2D eigenvalue weighted by Gasteiger charge is 2.14. The Kier molecular flexibility index (Phi) is 2.40. The first kappa shape index (κ1) is 11.0. The second-order valence-electron chi connectivity index (χ2n) is 4.38. The summed E-state index contributed by atoms with van der Waals surface area (Å²) in [6.07, 6.45) is 0. The number of rotatable bonds is 1. The van der Waals surface area contributed by atoms with Crippen molar-refractivity contribution in [1.82, 2.24) is 4.98 Å². The average Bonchev–Trinajstić information content (AvgIpc) is 2.80. The van der Waals surface area contributed by atoms with Gasteiger partial charge in [0.05, 0.1) is 5.56 Å². The molecule has 0 fully saturated rings. The minimum atomic E-state index is -0.320. The molecule has 1 heterocycles. The van der Waals surface area contributed by atoms with Gasteiger partial charge < -0.3 is 4.42 Å². The largest absolute Gasteiger partial charge is 0.436 e. The van der Waals surface area contributed by atoms with E-state index in [1.165, 1.54) is 6.07 Å². The maximum atomic E-state index is 13.7. The van der Waals surface area contributed by atoms with Crippen LogP contribution in [0.25, 0.3) is 22.6 Å². The Labute approximate surface area is 104 Å². The average molecular weight is 241 g/mol. The number of fused-ring (bicyclic) bond motifs is 1. The van der Waals surface area contributed by atoms with Crippen molar-refractivity contribution in [2.75, 3.05) is 0 Å². The molecule has 0 aliphatic heterocycles. The molecule has 0 spiro atoms. The maximum Gasteiger partial charge on any atom is 0.230 e. The van der Waals surface area contributed by atoms with Crippen molar-refractivity contribution in [3.8, 4) is 11.5 Å². The van der Waals surface area contributed by atoms with E-state index < -0.39 is 0 Å². The highest BCUT2D eigenvalue weighted by molar-refractivity contribution is 5.82. The molecule has 0 saturated heterocycles. The zero-order chi connectivity index (χ0) is 12.7. The minimum Gasteiger partial charge on any atom is -0.436 e. The number of aromatic nitrogens is 1. The zero-order valence-electron chi connectivity index (χ0n) is 10.2. The number of oxazole rings is 1. The standard InChI is InChI=1S/C15H12FNO/c1-9-7-8-10(2)14-13(9)17-15(18-14)11-5-3-4-6-12(11)16/h3-8H,1-2H3. The molecule has 18 heavy (non-hydrogen) atoms. The van der Waals surface area contributed by atoms with Crippen LogP contribution in [0.3, 0.4) is 0 Å². The fraction of sp³-hybridized carbons (Fsp3) is 0.133. The molecule has 90 valence electrons. The number of aryl methyl sites for hydroxylation is 2. The number of nitrogens with zero attached hydrogens (tertiary/aromatic N) is 1. The highest BCUT2D eigenvalue weighted by Crippen LogP contribution is 2.29. The summed E-state index contributed by atoms with van der Waals surface area (Å²) in [6, 6.07) is 10.5. The van der Waals surface area contributed by atoms with Crippen LogP contribution in [0.15, 0.2) is 40.8 Å².